The van der Waals surface area contributed by atoms with Gasteiger partial charge in [0.05, 0.1) is 50.0 Å². The number of methoxy groups -OCH3 is 1. The molecule has 344 valence electrons. The molecule has 0 aromatic heterocycles. The molecule has 9 nitrogen and oxygen atoms in total. The number of aliphatic hydroxyl groups excluding tert-OH is 3. The Balaban J connectivity index is 0.958. The fourth-order valence-electron chi connectivity index (χ4n) is 15.7. The number of fused-ring (bicyclic) bond motifs is 3. The number of quaternary nitrogens is 2. The highest BCUT2D eigenvalue weighted by Gasteiger charge is 2.50. The van der Waals surface area contributed by atoms with Crippen LogP contribution in [0.2, 0.25) is 0 Å². The molecule has 5 saturated carbocycles. The van der Waals surface area contributed by atoms with E-state index in [1.165, 1.54) is 57.8 Å². The van der Waals surface area contributed by atoms with E-state index in [2.05, 4.69) is 29.4 Å². The maximum absolute atomic E-state index is 14.4. The van der Waals surface area contributed by atoms with Gasteiger partial charge >= 0.3 is 0 Å². The van der Waals surface area contributed by atoms with E-state index in [-0.39, 0.29) is 35.8 Å². The second-order valence-corrected chi connectivity index (χ2v) is 22.8. The van der Waals surface area contributed by atoms with Gasteiger partial charge in [-0.25, -0.2) is 0 Å². The molecule has 1 spiro atoms. The van der Waals surface area contributed by atoms with Gasteiger partial charge in [-0.3, -0.25) is 15.3 Å². The Morgan fingerprint density at radius 2 is 1.64 bits per heavy atom. The summed E-state index contributed by atoms with van der Waals surface area (Å²) in [5.41, 5.74) is 5.64. The fourth-order valence-corrected chi connectivity index (χ4v) is 15.7. The molecule has 61 heavy (non-hydrogen) atoms. The van der Waals surface area contributed by atoms with Crippen LogP contribution in [0.5, 0.6) is 0 Å². The zero-order valence-corrected chi connectivity index (χ0v) is 38.3. The number of hydrogen-bond acceptors (Lipinski definition) is 7. The number of ether oxygens (including phenoxy) is 1. The minimum Gasteiger partial charge on any atom is -0.393 e. The number of aliphatic hydroxyl groups is 3. The lowest BCUT2D eigenvalue weighted by Crippen LogP contribution is -2.96. The van der Waals surface area contributed by atoms with Crippen molar-refractivity contribution in [1.29, 1.82) is 0 Å². The summed E-state index contributed by atoms with van der Waals surface area (Å²) in [5.74, 6) is 13.9. The van der Waals surface area contributed by atoms with Crippen molar-refractivity contribution in [3.63, 3.8) is 0 Å². The first-order chi connectivity index (χ1) is 29.5. The normalized spacial score (nSPS) is 45.5. The molecule has 9 N–H and O–H groups in total. The maximum Gasteiger partial charge on any atom is 0.153 e. The summed E-state index contributed by atoms with van der Waals surface area (Å²) in [6, 6.07) is 0.484. The molecule has 2 aliphatic heterocycles. The Labute approximate surface area is 369 Å². The van der Waals surface area contributed by atoms with Crippen molar-refractivity contribution >= 4 is 11.6 Å². The predicted octanol–water partition coefficient (Wildman–Crippen LogP) is 5.27. The van der Waals surface area contributed by atoms with E-state index >= 15 is 0 Å². The van der Waals surface area contributed by atoms with E-state index in [9.17, 15) is 24.9 Å². The van der Waals surface area contributed by atoms with Gasteiger partial charge in [0.25, 0.3) is 0 Å². The summed E-state index contributed by atoms with van der Waals surface area (Å²) in [5, 5.41) is 40.3. The third-order valence-corrected chi connectivity index (χ3v) is 19.5. The Morgan fingerprint density at radius 3 is 2.44 bits per heavy atom. The standard InChI is InChI=1S/C52H85N3O6/c1-3-34-31-55-51(53)29-45(34)44(38-11-10-35-6-4-5-7-37(35)24-38)26-41(56)15-12-36-19-21-52(49(59)17-14-39-25-48(61-2)47(58)28-43(36)39)20-18-32(23-50(52)60)8-9-33-22-40-13-16-42(57)27-46(40)54-30-33/h32-41,43-48,50-51,54-56,58,60H,3-18,20,22-31,53H2,1-2H3/p+2. The van der Waals surface area contributed by atoms with Crippen molar-refractivity contribution < 1.29 is 40.3 Å². The van der Waals surface area contributed by atoms with Crippen LogP contribution in [-0.4, -0.2) is 83.7 Å². The van der Waals surface area contributed by atoms with Crippen molar-refractivity contribution in [1.82, 2.24) is 0 Å². The number of piperidine rings is 2. The van der Waals surface area contributed by atoms with Crippen molar-refractivity contribution in [3.05, 3.63) is 0 Å². The SMILES string of the molecule is CCC1C[NH2+]C(N)CC1C(CC(O)CCC1C#CC2(CCC(CCC3C[NH2+]C4CC(=O)CCC4C3)CC2O)C(=O)CCC2CC(OC)C(O)CC12)C1CCC2CCCCC2C1. The molecule has 2 heterocycles. The highest BCUT2D eigenvalue weighted by atomic mass is 16.5. The first-order valence-electron chi connectivity index (χ1n) is 26.1. The van der Waals surface area contributed by atoms with Crippen LogP contribution >= 0.6 is 0 Å². The zero-order chi connectivity index (χ0) is 42.7. The minimum absolute atomic E-state index is 0.0570. The zero-order valence-electron chi connectivity index (χ0n) is 38.3. The van der Waals surface area contributed by atoms with Crippen LogP contribution in [0.15, 0.2) is 0 Å². The number of Topliss-reactive ketones (excluding diaryl/α,β-unsaturated/α-hetero) is 2. The number of carbonyl (C=O) groups is 2. The highest BCUT2D eigenvalue weighted by Crippen LogP contribution is 2.50. The Kier molecular flexibility index (Phi) is 15.8. The molecule has 6 aliphatic carbocycles. The third-order valence-electron chi connectivity index (χ3n) is 19.5. The molecule has 0 aromatic rings. The summed E-state index contributed by atoms with van der Waals surface area (Å²) in [7, 11) is 1.69. The molecule has 8 rings (SSSR count). The van der Waals surface area contributed by atoms with Crippen LogP contribution in [0.4, 0.5) is 0 Å². The van der Waals surface area contributed by atoms with Gasteiger partial charge in [0.15, 0.2) is 5.78 Å². The molecule has 2 saturated heterocycles. The molecule has 0 amide bonds. The molecule has 19 unspecified atom stereocenters. The monoisotopic (exact) mass is 850 g/mol. The van der Waals surface area contributed by atoms with Gasteiger partial charge in [0, 0.05) is 50.0 Å². The van der Waals surface area contributed by atoms with E-state index in [1.807, 2.05) is 0 Å². The van der Waals surface area contributed by atoms with Gasteiger partial charge in [-0.05, 0) is 156 Å². The summed E-state index contributed by atoms with van der Waals surface area (Å²) in [6.07, 6.45) is 22.8. The second-order valence-electron chi connectivity index (χ2n) is 22.8. The Bertz CT molecular complexity index is 1530. The van der Waals surface area contributed by atoms with Gasteiger partial charge in [-0.1, -0.05) is 44.4 Å². The predicted molar refractivity (Wildman–Crippen MR) is 237 cm³/mol. The van der Waals surface area contributed by atoms with E-state index in [4.69, 9.17) is 10.5 Å². The smallest absolute Gasteiger partial charge is 0.153 e. The lowest BCUT2D eigenvalue weighted by molar-refractivity contribution is -0.711. The molecular weight excluding hydrogens is 763 g/mol. The number of rotatable bonds is 12. The third kappa shape index (κ3) is 10.7. The van der Waals surface area contributed by atoms with Crippen molar-refractivity contribution in [3.8, 4) is 11.8 Å². The number of nitrogens with two attached hydrogens (primary N) is 3. The highest BCUT2D eigenvalue weighted by molar-refractivity contribution is 5.89. The van der Waals surface area contributed by atoms with Gasteiger partial charge in [0.2, 0.25) is 0 Å². The van der Waals surface area contributed by atoms with E-state index in [1.54, 1.807) is 7.11 Å². The average molecular weight is 850 g/mol. The molecule has 0 radical (unpaired) electrons. The maximum atomic E-state index is 14.4. The van der Waals surface area contributed by atoms with Crippen molar-refractivity contribution in [2.75, 3.05) is 20.2 Å². The minimum atomic E-state index is -1.03. The van der Waals surface area contributed by atoms with Gasteiger partial charge in [0.1, 0.15) is 17.4 Å². The molecule has 7 fully saturated rings. The van der Waals surface area contributed by atoms with Gasteiger partial charge < -0.3 is 30.7 Å². The number of carbonyl (C=O) groups excluding carboxylic acids is 2. The van der Waals surface area contributed by atoms with Crippen LogP contribution < -0.4 is 16.4 Å². The summed E-state index contributed by atoms with van der Waals surface area (Å²) >= 11 is 0. The first-order valence-corrected chi connectivity index (χ1v) is 26.1. The van der Waals surface area contributed by atoms with Gasteiger partial charge in [-0.15, -0.1) is 0 Å². The first kappa shape index (κ1) is 46.2. The second kappa shape index (κ2) is 20.8. The fraction of sp³-hybridized carbons (Fsp3) is 0.923. The van der Waals surface area contributed by atoms with Crippen molar-refractivity contribution in [2.24, 2.45) is 82.2 Å². The van der Waals surface area contributed by atoms with Crippen LogP contribution in [0.3, 0.4) is 0 Å². The summed E-state index contributed by atoms with van der Waals surface area (Å²) < 4.78 is 5.79. The van der Waals surface area contributed by atoms with E-state index < -0.39 is 23.7 Å². The van der Waals surface area contributed by atoms with Crippen LogP contribution in [0, 0.1) is 88.3 Å². The average Bonchev–Trinajstić information content (AvgIpc) is 3.32. The Hall–Kier alpha value is -1.38. The molecule has 0 bridgehead atoms. The van der Waals surface area contributed by atoms with Gasteiger partial charge in [-0.2, -0.15) is 0 Å². The van der Waals surface area contributed by atoms with Crippen LogP contribution in [-0.2, 0) is 14.3 Å². The number of ketones is 2. The van der Waals surface area contributed by atoms with Crippen molar-refractivity contribution in [2.45, 2.75) is 204 Å². The molecular formula is C52H87N3O6+2. The number of hydrogen-bond donors (Lipinski definition) is 6. The quantitative estimate of drug-likeness (QED) is 0.146. The van der Waals surface area contributed by atoms with E-state index in [0.29, 0.717) is 91.8 Å². The lowest BCUT2D eigenvalue weighted by atomic mass is 9.60. The van der Waals surface area contributed by atoms with Crippen LogP contribution in [0.1, 0.15) is 167 Å². The molecule has 8 aliphatic rings. The molecule has 9 heteroatoms. The van der Waals surface area contributed by atoms with E-state index in [0.717, 1.165) is 89.1 Å². The topological polar surface area (TPSA) is 163 Å². The lowest BCUT2D eigenvalue weighted by Gasteiger charge is -2.47. The Morgan fingerprint density at radius 1 is 0.836 bits per heavy atom. The molecule has 0 aromatic carbocycles. The molecule has 19 atom stereocenters. The summed E-state index contributed by atoms with van der Waals surface area (Å²) in [6.45, 7) is 4.54. The summed E-state index contributed by atoms with van der Waals surface area (Å²) in [4.78, 5) is 26.4. The van der Waals surface area contributed by atoms with Crippen LogP contribution in [0.25, 0.3) is 0 Å². The largest absolute Gasteiger partial charge is 0.393 e.